The summed E-state index contributed by atoms with van der Waals surface area (Å²) in [5, 5.41) is 1.82. The van der Waals surface area contributed by atoms with Gasteiger partial charge in [-0.3, -0.25) is 0 Å². The monoisotopic (exact) mass is 412 g/mol. The summed E-state index contributed by atoms with van der Waals surface area (Å²) < 4.78 is 28.6. The van der Waals surface area contributed by atoms with Crippen LogP contribution >= 0.6 is 11.6 Å². The summed E-state index contributed by atoms with van der Waals surface area (Å²) in [6.45, 7) is 2.22. The number of unbranched alkanes of at least 4 members (excludes halogenated alkanes) is 3. The van der Waals surface area contributed by atoms with E-state index >= 15 is 0 Å². The van der Waals surface area contributed by atoms with E-state index in [0.717, 1.165) is 30.2 Å². The van der Waals surface area contributed by atoms with Crippen LogP contribution in [0.1, 0.15) is 68.1 Å². The highest BCUT2D eigenvalue weighted by Crippen LogP contribution is 2.45. The third kappa shape index (κ3) is 4.05. The summed E-state index contributed by atoms with van der Waals surface area (Å²) in [6.07, 6.45) is 8.04. The second kappa shape index (κ2) is 8.83. The van der Waals surface area contributed by atoms with Crippen molar-refractivity contribution in [1.29, 1.82) is 0 Å². The van der Waals surface area contributed by atoms with E-state index in [1.807, 2.05) is 18.2 Å². The van der Waals surface area contributed by atoms with Crippen LogP contribution in [0.3, 0.4) is 0 Å². The fourth-order valence-electron chi connectivity index (χ4n) is 5.02. The molecule has 2 atom stereocenters. The number of benzene rings is 3. The number of hydrogen-bond acceptors (Lipinski definition) is 0. The van der Waals surface area contributed by atoms with Crippen molar-refractivity contribution in [3.63, 3.8) is 0 Å². The summed E-state index contributed by atoms with van der Waals surface area (Å²) in [4.78, 5) is 0. The van der Waals surface area contributed by atoms with E-state index in [1.165, 1.54) is 42.9 Å². The van der Waals surface area contributed by atoms with Gasteiger partial charge in [0, 0.05) is 11.3 Å². The molecule has 3 aromatic rings. The molecule has 0 saturated heterocycles. The second-order valence-corrected chi connectivity index (χ2v) is 8.67. The lowest BCUT2D eigenvalue weighted by molar-refractivity contribution is 0.367. The molecule has 0 saturated carbocycles. The SMILES string of the molecule is CCCCCC[C@@H]1CCc2c(ccc3c(F)cccc23)[C@H]1c1ccc(Cl)c(F)c1. The van der Waals surface area contributed by atoms with Gasteiger partial charge in [-0.2, -0.15) is 0 Å². The molecular formula is C26H27ClF2. The number of halogens is 3. The Morgan fingerprint density at radius 2 is 1.79 bits per heavy atom. The Bertz CT molecular complexity index is 1010. The van der Waals surface area contributed by atoms with Crippen molar-refractivity contribution in [2.24, 2.45) is 5.92 Å². The molecule has 0 N–H and O–H groups in total. The van der Waals surface area contributed by atoms with Crippen LogP contribution in [-0.2, 0) is 6.42 Å². The lowest BCUT2D eigenvalue weighted by Gasteiger charge is -2.35. The molecule has 0 nitrogen and oxygen atoms in total. The van der Waals surface area contributed by atoms with Crippen molar-refractivity contribution in [3.05, 3.63) is 81.9 Å². The van der Waals surface area contributed by atoms with Gasteiger partial charge < -0.3 is 0 Å². The normalized spacial score (nSPS) is 18.8. The number of rotatable bonds is 6. The molecule has 3 heteroatoms. The highest BCUT2D eigenvalue weighted by molar-refractivity contribution is 6.30. The van der Waals surface area contributed by atoms with Crippen LogP contribution in [0, 0.1) is 17.6 Å². The van der Waals surface area contributed by atoms with Crippen molar-refractivity contribution >= 4 is 22.4 Å². The Morgan fingerprint density at radius 1 is 0.931 bits per heavy atom. The lowest BCUT2D eigenvalue weighted by atomic mass is 9.69. The molecule has 0 spiro atoms. The van der Waals surface area contributed by atoms with Gasteiger partial charge in [-0.05, 0) is 65.5 Å². The third-order valence-corrected chi connectivity index (χ3v) is 6.77. The molecule has 0 fully saturated rings. The molecular weight excluding hydrogens is 386 g/mol. The van der Waals surface area contributed by atoms with Crippen molar-refractivity contribution in [3.8, 4) is 0 Å². The molecule has 0 unspecified atom stereocenters. The predicted molar refractivity (Wildman–Crippen MR) is 118 cm³/mol. The average molecular weight is 413 g/mol. The van der Waals surface area contributed by atoms with Crippen LogP contribution in [0.5, 0.6) is 0 Å². The fraction of sp³-hybridized carbons (Fsp3) is 0.385. The predicted octanol–water partition coefficient (Wildman–Crippen LogP) is 8.44. The van der Waals surface area contributed by atoms with Crippen molar-refractivity contribution in [1.82, 2.24) is 0 Å². The summed E-state index contributed by atoms with van der Waals surface area (Å²) in [5.74, 6) is 0.0414. The van der Waals surface area contributed by atoms with Gasteiger partial charge >= 0.3 is 0 Å². The van der Waals surface area contributed by atoms with Gasteiger partial charge in [-0.15, -0.1) is 0 Å². The minimum atomic E-state index is -0.368. The van der Waals surface area contributed by atoms with Gasteiger partial charge in [-0.1, -0.05) is 74.5 Å². The maximum Gasteiger partial charge on any atom is 0.142 e. The Balaban J connectivity index is 1.78. The molecule has 0 amide bonds. The first-order valence-corrected chi connectivity index (χ1v) is 11.1. The Labute approximate surface area is 176 Å². The lowest BCUT2D eigenvalue weighted by Crippen LogP contribution is -2.22. The van der Waals surface area contributed by atoms with E-state index in [9.17, 15) is 8.78 Å². The molecule has 152 valence electrons. The Kier molecular flexibility index (Phi) is 6.20. The molecule has 1 aliphatic carbocycles. The van der Waals surface area contributed by atoms with E-state index < -0.39 is 0 Å². The summed E-state index contributed by atoms with van der Waals surface area (Å²) in [7, 11) is 0. The maximum atomic E-state index is 14.3. The molecule has 1 aliphatic rings. The molecule has 0 aliphatic heterocycles. The Morgan fingerprint density at radius 3 is 2.59 bits per heavy atom. The largest absolute Gasteiger partial charge is 0.206 e. The smallest absolute Gasteiger partial charge is 0.142 e. The number of aryl methyl sites for hydroxylation is 1. The molecule has 0 aromatic heterocycles. The molecule has 0 bridgehead atoms. The highest BCUT2D eigenvalue weighted by Gasteiger charge is 2.32. The van der Waals surface area contributed by atoms with Gasteiger partial charge in [-0.25, -0.2) is 8.78 Å². The van der Waals surface area contributed by atoms with Gasteiger partial charge in [0.25, 0.3) is 0 Å². The van der Waals surface area contributed by atoms with Crippen LogP contribution in [-0.4, -0.2) is 0 Å². The standard InChI is InChI=1S/C26H27ClF2/c1-2-3-4-5-7-17-10-12-20-19-8-6-9-24(28)21(19)13-14-22(20)26(17)18-11-15-23(27)25(29)16-18/h6,8-9,11,13-17,26H,2-5,7,10,12H2,1H3/t17-,26-/m1/s1. The zero-order valence-electron chi connectivity index (χ0n) is 16.9. The highest BCUT2D eigenvalue weighted by atomic mass is 35.5. The quantitative estimate of drug-likeness (QED) is 0.356. The summed E-state index contributed by atoms with van der Waals surface area (Å²) >= 11 is 5.95. The van der Waals surface area contributed by atoms with E-state index in [0.29, 0.717) is 11.3 Å². The molecule has 0 heterocycles. The van der Waals surface area contributed by atoms with Crippen LogP contribution in [0.4, 0.5) is 8.78 Å². The number of fused-ring (bicyclic) bond motifs is 3. The van der Waals surface area contributed by atoms with Crippen LogP contribution < -0.4 is 0 Å². The first-order valence-electron chi connectivity index (χ1n) is 10.7. The fourth-order valence-corrected chi connectivity index (χ4v) is 5.14. The van der Waals surface area contributed by atoms with Crippen molar-refractivity contribution < 1.29 is 8.78 Å². The molecule has 0 radical (unpaired) electrons. The van der Waals surface area contributed by atoms with Gasteiger partial charge in [0.1, 0.15) is 11.6 Å². The Hall–Kier alpha value is -1.93. The van der Waals surface area contributed by atoms with Gasteiger partial charge in [0.05, 0.1) is 5.02 Å². The zero-order chi connectivity index (χ0) is 20.4. The summed E-state index contributed by atoms with van der Waals surface area (Å²) in [6, 6.07) is 14.5. The van der Waals surface area contributed by atoms with Crippen LogP contribution in [0.15, 0.2) is 48.5 Å². The minimum absolute atomic E-state index is 0.125. The van der Waals surface area contributed by atoms with Crippen molar-refractivity contribution in [2.75, 3.05) is 0 Å². The first kappa shape index (κ1) is 20.3. The average Bonchev–Trinajstić information content (AvgIpc) is 2.73. The molecule has 4 rings (SSSR count). The topological polar surface area (TPSA) is 0 Å². The van der Waals surface area contributed by atoms with Gasteiger partial charge in [0.15, 0.2) is 0 Å². The maximum absolute atomic E-state index is 14.3. The van der Waals surface area contributed by atoms with E-state index in [4.69, 9.17) is 11.6 Å². The minimum Gasteiger partial charge on any atom is -0.206 e. The third-order valence-electron chi connectivity index (χ3n) is 6.46. The van der Waals surface area contributed by atoms with Crippen LogP contribution in [0.25, 0.3) is 10.8 Å². The van der Waals surface area contributed by atoms with Crippen molar-refractivity contribution in [2.45, 2.75) is 57.8 Å². The summed E-state index contributed by atoms with van der Waals surface area (Å²) in [5.41, 5.74) is 3.41. The number of hydrogen-bond donors (Lipinski definition) is 0. The van der Waals surface area contributed by atoms with E-state index in [-0.39, 0.29) is 22.6 Å². The van der Waals surface area contributed by atoms with Gasteiger partial charge in [0.2, 0.25) is 0 Å². The van der Waals surface area contributed by atoms with E-state index in [1.54, 1.807) is 18.2 Å². The first-order chi connectivity index (χ1) is 14.1. The van der Waals surface area contributed by atoms with E-state index in [2.05, 4.69) is 13.0 Å². The zero-order valence-corrected chi connectivity index (χ0v) is 17.6. The molecule has 29 heavy (non-hydrogen) atoms. The molecule has 3 aromatic carbocycles. The second-order valence-electron chi connectivity index (χ2n) is 8.27. The van der Waals surface area contributed by atoms with Crippen LogP contribution in [0.2, 0.25) is 5.02 Å².